The highest BCUT2D eigenvalue weighted by atomic mass is 16.3. The minimum atomic E-state index is -0.259. The quantitative estimate of drug-likeness (QED) is 0.783. The highest BCUT2D eigenvalue weighted by Crippen LogP contribution is 2.17. The highest BCUT2D eigenvalue weighted by Gasteiger charge is 2.17. The standard InChI is InChI=1S/C13H18N4O3/c1-9-11-7-10(8-14-12(11)16(2)15-9)13(20)17(3-5-18)4-6-19/h7-8,18-19H,3-6H2,1-2H3. The molecule has 2 aromatic heterocycles. The van der Waals surface area contributed by atoms with Crippen LogP contribution in [-0.2, 0) is 7.05 Å². The predicted molar refractivity (Wildman–Crippen MR) is 73.3 cm³/mol. The Morgan fingerprint density at radius 3 is 2.60 bits per heavy atom. The smallest absolute Gasteiger partial charge is 0.255 e. The van der Waals surface area contributed by atoms with E-state index in [1.807, 2.05) is 6.92 Å². The summed E-state index contributed by atoms with van der Waals surface area (Å²) in [5.41, 5.74) is 1.95. The van der Waals surface area contributed by atoms with Crippen LogP contribution in [0.1, 0.15) is 16.1 Å². The van der Waals surface area contributed by atoms with E-state index in [4.69, 9.17) is 10.2 Å². The maximum Gasteiger partial charge on any atom is 0.255 e. The number of amides is 1. The lowest BCUT2D eigenvalue weighted by molar-refractivity contribution is 0.0684. The average molecular weight is 278 g/mol. The van der Waals surface area contributed by atoms with E-state index in [-0.39, 0.29) is 32.2 Å². The van der Waals surface area contributed by atoms with Crippen LogP contribution >= 0.6 is 0 Å². The predicted octanol–water partition coefficient (Wildman–Crippen LogP) is -0.296. The number of rotatable bonds is 5. The first kappa shape index (κ1) is 14.4. The second-order valence-electron chi connectivity index (χ2n) is 4.54. The number of hydrogen-bond acceptors (Lipinski definition) is 5. The van der Waals surface area contributed by atoms with Gasteiger partial charge in [-0.25, -0.2) is 4.98 Å². The van der Waals surface area contributed by atoms with Crippen molar-refractivity contribution < 1.29 is 15.0 Å². The van der Waals surface area contributed by atoms with Gasteiger partial charge in [0.15, 0.2) is 5.65 Å². The average Bonchev–Trinajstić information content (AvgIpc) is 2.72. The van der Waals surface area contributed by atoms with Crippen LogP contribution in [0.2, 0.25) is 0 Å². The van der Waals surface area contributed by atoms with Crippen molar-refractivity contribution in [3.05, 3.63) is 23.5 Å². The Labute approximate surface area is 116 Å². The molecule has 0 unspecified atom stereocenters. The molecule has 2 heterocycles. The lowest BCUT2D eigenvalue weighted by atomic mass is 10.2. The number of hydrogen-bond donors (Lipinski definition) is 2. The van der Waals surface area contributed by atoms with Crippen molar-refractivity contribution in [2.24, 2.45) is 7.05 Å². The molecule has 0 saturated carbocycles. The molecule has 0 aromatic carbocycles. The summed E-state index contributed by atoms with van der Waals surface area (Å²) in [5, 5.41) is 23.0. The zero-order chi connectivity index (χ0) is 14.7. The molecule has 0 fully saturated rings. The second kappa shape index (κ2) is 5.98. The van der Waals surface area contributed by atoms with Gasteiger partial charge in [0.25, 0.3) is 5.91 Å². The van der Waals surface area contributed by atoms with Crippen molar-refractivity contribution >= 4 is 16.9 Å². The lowest BCUT2D eigenvalue weighted by Gasteiger charge is -2.20. The molecule has 2 aromatic rings. The van der Waals surface area contributed by atoms with E-state index in [9.17, 15) is 4.79 Å². The number of carbonyl (C=O) groups excluding carboxylic acids is 1. The number of nitrogens with zero attached hydrogens (tertiary/aromatic N) is 4. The molecule has 7 nitrogen and oxygen atoms in total. The van der Waals surface area contributed by atoms with Crippen LogP contribution in [0.5, 0.6) is 0 Å². The third kappa shape index (κ3) is 2.63. The molecule has 0 radical (unpaired) electrons. The van der Waals surface area contributed by atoms with Gasteiger partial charge in [-0.15, -0.1) is 0 Å². The number of aryl methyl sites for hydroxylation is 2. The van der Waals surface area contributed by atoms with Crippen LogP contribution in [0.25, 0.3) is 11.0 Å². The van der Waals surface area contributed by atoms with E-state index in [2.05, 4.69) is 10.1 Å². The van der Waals surface area contributed by atoms with Crippen molar-refractivity contribution in [2.45, 2.75) is 6.92 Å². The van der Waals surface area contributed by atoms with Gasteiger partial charge in [-0.1, -0.05) is 0 Å². The minimum Gasteiger partial charge on any atom is -0.395 e. The summed E-state index contributed by atoms with van der Waals surface area (Å²) in [6.45, 7) is 1.94. The molecule has 0 bridgehead atoms. The number of aliphatic hydroxyl groups excluding tert-OH is 2. The number of aromatic nitrogens is 3. The molecule has 2 N–H and O–H groups in total. The van der Waals surface area contributed by atoms with Crippen LogP contribution in [0, 0.1) is 6.92 Å². The molecular formula is C13H18N4O3. The summed E-state index contributed by atoms with van der Waals surface area (Å²) in [6.07, 6.45) is 1.49. The topological polar surface area (TPSA) is 91.5 Å². The molecule has 0 spiro atoms. The fourth-order valence-corrected chi connectivity index (χ4v) is 2.16. The molecule has 108 valence electrons. The van der Waals surface area contributed by atoms with Gasteiger partial charge in [0.05, 0.1) is 24.5 Å². The van der Waals surface area contributed by atoms with Gasteiger partial charge < -0.3 is 15.1 Å². The SMILES string of the molecule is Cc1nn(C)c2ncc(C(=O)N(CCO)CCO)cc12. The van der Waals surface area contributed by atoms with Gasteiger partial charge in [-0.2, -0.15) is 5.10 Å². The Hall–Kier alpha value is -1.99. The number of aliphatic hydroxyl groups is 2. The maximum absolute atomic E-state index is 12.3. The fraction of sp³-hybridized carbons (Fsp3) is 0.462. The summed E-state index contributed by atoms with van der Waals surface area (Å²) in [5.74, 6) is -0.259. The molecular weight excluding hydrogens is 260 g/mol. The van der Waals surface area contributed by atoms with Crippen molar-refractivity contribution in [1.29, 1.82) is 0 Å². The van der Waals surface area contributed by atoms with E-state index in [0.717, 1.165) is 16.7 Å². The van der Waals surface area contributed by atoms with Gasteiger partial charge in [0.2, 0.25) is 0 Å². The normalized spacial score (nSPS) is 11.0. The lowest BCUT2D eigenvalue weighted by Crippen LogP contribution is -2.35. The number of fused-ring (bicyclic) bond motifs is 1. The van der Waals surface area contributed by atoms with Gasteiger partial charge in [0.1, 0.15) is 0 Å². The zero-order valence-corrected chi connectivity index (χ0v) is 11.6. The number of carbonyl (C=O) groups is 1. The van der Waals surface area contributed by atoms with Crippen molar-refractivity contribution in [1.82, 2.24) is 19.7 Å². The van der Waals surface area contributed by atoms with Crippen molar-refractivity contribution in [3.8, 4) is 0 Å². The molecule has 0 aliphatic rings. The number of pyridine rings is 1. The second-order valence-corrected chi connectivity index (χ2v) is 4.54. The van der Waals surface area contributed by atoms with Crippen LogP contribution in [0.4, 0.5) is 0 Å². The van der Waals surface area contributed by atoms with Crippen molar-refractivity contribution in [2.75, 3.05) is 26.3 Å². The summed E-state index contributed by atoms with van der Waals surface area (Å²) < 4.78 is 1.66. The molecule has 1 amide bonds. The first-order chi connectivity index (χ1) is 9.58. The summed E-state index contributed by atoms with van der Waals surface area (Å²) >= 11 is 0. The highest BCUT2D eigenvalue weighted by molar-refractivity contribution is 5.97. The monoisotopic (exact) mass is 278 g/mol. The fourth-order valence-electron chi connectivity index (χ4n) is 2.16. The summed E-state index contributed by atoms with van der Waals surface area (Å²) in [6, 6.07) is 1.74. The maximum atomic E-state index is 12.3. The Morgan fingerprint density at radius 2 is 2.00 bits per heavy atom. The van der Waals surface area contributed by atoms with E-state index in [0.29, 0.717) is 5.56 Å². The summed E-state index contributed by atoms with van der Waals surface area (Å²) in [7, 11) is 1.80. The molecule has 0 saturated heterocycles. The molecule has 0 aliphatic heterocycles. The van der Waals surface area contributed by atoms with Crippen LogP contribution in [-0.4, -0.2) is 62.1 Å². The molecule has 0 atom stereocenters. The third-order valence-electron chi connectivity index (χ3n) is 3.14. The molecule has 0 aliphatic carbocycles. The molecule has 20 heavy (non-hydrogen) atoms. The van der Waals surface area contributed by atoms with E-state index < -0.39 is 0 Å². The van der Waals surface area contributed by atoms with Gasteiger partial charge in [0, 0.05) is 31.7 Å². The van der Waals surface area contributed by atoms with Gasteiger partial charge in [-0.3, -0.25) is 9.48 Å². The largest absolute Gasteiger partial charge is 0.395 e. The minimum absolute atomic E-state index is 0.146. The Balaban J connectivity index is 2.36. The van der Waals surface area contributed by atoms with Crippen LogP contribution in [0.15, 0.2) is 12.3 Å². The van der Waals surface area contributed by atoms with E-state index in [1.54, 1.807) is 17.8 Å². The third-order valence-corrected chi connectivity index (χ3v) is 3.14. The molecule has 2 rings (SSSR count). The first-order valence-corrected chi connectivity index (χ1v) is 6.38. The van der Waals surface area contributed by atoms with E-state index >= 15 is 0 Å². The Kier molecular flexibility index (Phi) is 4.31. The van der Waals surface area contributed by atoms with Crippen molar-refractivity contribution in [3.63, 3.8) is 0 Å². The summed E-state index contributed by atoms with van der Waals surface area (Å²) in [4.78, 5) is 18.0. The van der Waals surface area contributed by atoms with Gasteiger partial charge >= 0.3 is 0 Å². The Bertz CT molecular complexity index is 617. The van der Waals surface area contributed by atoms with Crippen LogP contribution < -0.4 is 0 Å². The molecule has 7 heteroatoms. The Morgan fingerprint density at radius 1 is 1.35 bits per heavy atom. The zero-order valence-electron chi connectivity index (χ0n) is 11.6. The van der Waals surface area contributed by atoms with Gasteiger partial charge in [-0.05, 0) is 13.0 Å². The first-order valence-electron chi connectivity index (χ1n) is 6.38. The van der Waals surface area contributed by atoms with Crippen LogP contribution in [0.3, 0.4) is 0 Å². The van der Waals surface area contributed by atoms with E-state index in [1.165, 1.54) is 11.1 Å².